The molecule has 6 heteroatoms. The van der Waals surface area contributed by atoms with Gasteiger partial charge < -0.3 is 10.6 Å². The lowest BCUT2D eigenvalue weighted by molar-refractivity contribution is 0.546. The third kappa shape index (κ3) is 6.99. The van der Waals surface area contributed by atoms with Crippen LogP contribution in [0.25, 0.3) is 0 Å². The van der Waals surface area contributed by atoms with Gasteiger partial charge in [-0.25, -0.2) is 0 Å². The van der Waals surface area contributed by atoms with Crippen molar-refractivity contribution < 1.29 is 0 Å². The van der Waals surface area contributed by atoms with Crippen molar-refractivity contribution in [3.05, 3.63) is 17.0 Å². The largest absolute Gasteiger partial charge is 0.354 e. The van der Waals surface area contributed by atoms with Crippen molar-refractivity contribution in [3.63, 3.8) is 0 Å². The maximum absolute atomic E-state index is 4.63. The fourth-order valence-electron chi connectivity index (χ4n) is 2.97. The second kappa shape index (κ2) is 12.6. The molecule has 0 aromatic carbocycles. The molecule has 140 valence electrons. The summed E-state index contributed by atoms with van der Waals surface area (Å²) in [5, 5.41) is 11.6. The smallest absolute Gasteiger partial charge is 0.191 e. The second-order valence-electron chi connectivity index (χ2n) is 6.17. The number of unbranched alkanes of at least 4 members (excludes halogenated alkanes) is 2. The maximum Gasteiger partial charge on any atom is 0.191 e. The lowest BCUT2D eigenvalue weighted by Gasteiger charge is -2.18. The first-order chi connectivity index (χ1) is 11.1. The highest BCUT2D eigenvalue weighted by atomic mass is 127. The molecule has 1 atom stereocenters. The molecule has 1 aromatic rings. The van der Waals surface area contributed by atoms with Crippen molar-refractivity contribution in [1.29, 1.82) is 0 Å². The number of halogens is 1. The Labute approximate surface area is 165 Å². The van der Waals surface area contributed by atoms with E-state index in [2.05, 4.69) is 48.4 Å². The SMILES string of the molecule is CCCCCC(C)NC(=NC)NCc1c(CC)nn(C)c1CC.I. The highest BCUT2D eigenvalue weighted by Gasteiger charge is 2.14. The average Bonchev–Trinajstić information content (AvgIpc) is 2.86. The van der Waals surface area contributed by atoms with Gasteiger partial charge in [0.1, 0.15) is 0 Å². The van der Waals surface area contributed by atoms with E-state index in [1.54, 1.807) is 0 Å². The zero-order chi connectivity index (χ0) is 17.2. The standard InChI is InChI=1S/C18H35N5.HI/c1-7-10-11-12-14(4)21-18(19-5)20-13-15-16(8-2)22-23(6)17(15)9-3;/h14H,7-13H2,1-6H3,(H2,19,20,21);1H. The lowest BCUT2D eigenvalue weighted by Crippen LogP contribution is -2.42. The molecule has 0 spiro atoms. The molecule has 24 heavy (non-hydrogen) atoms. The predicted molar refractivity (Wildman–Crippen MR) is 114 cm³/mol. The van der Waals surface area contributed by atoms with E-state index in [4.69, 9.17) is 0 Å². The Morgan fingerprint density at radius 3 is 2.46 bits per heavy atom. The minimum absolute atomic E-state index is 0. The zero-order valence-electron chi connectivity index (χ0n) is 16.3. The normalized spacial score (nSPS) is 12.7. The molecule has 0 fully saturated rings. The van der Waals surface area contributed by atoms with E-state index in [-0.39, 0.29) is 24.0 Å². The minimum atomic E-state index is 0. The van der Waals surface area contributed by atoms with Crippen LogP contribution in [0.15, 0.2) is 4.99 Å². The molecule has 1 rings (SSSR count). The van der Waals surface area contributed by atoms with Crippen LogP contribution in [0.5, 0.6) is 0 Å². The van der Waals surface area contributed by atoms with Gasteiger partial charge in [-0.3, -0.25) is 9.67 Å². The summed E-state index contributed by atoms with van der Waals surface area (Å²) in [5.74, 6) is 0.877. The number of guanidine groups is 1. The molecule has 1 heterocycles. The molecule has 2 N–H and O–H groups in total. The Kier molecular flexibility index (Phi) is 12.1. The zero-order valence-corrected chi connectivity index (χ0v) is 18.6. The van der Waals surface area contributed by atoms with Crippen LogP contribution < -0.4 is 10.6 Å². The van der Waals surface area contributed by atoms with E-state index in [0.29, 0.717) is 6.04 Å². The molecule has 0 saturated carbocycles. The number of hydrogen-bond acceptors (Lipinski definition) is 2. The summed E-state index contributed by atoms with van der Waals surface area (Å²) in [7, 11) is 3.86. The first-order valence-corrected chi connectivity index (χ1v) is 9.08. The van der Waals surface area contributed by atoms with Crippen LogP contribution in [-0.2, 0) is 26.4 Å². The van der Waals surface area contributed by atoms with Crippen molar-refractivity contribution >= 4 is 29.9 Å². The number of rotatable bonds is 9. The van der Waals surface area contributed by atoms with Crippen molar-refractivity contribution in [3.8, 4) is 0 Å². The maximum atomic E-state index is 4.63. The highest BCUT2D eigenvalue weighted by molar-refractivity contribution is 14.0. The fourth-order valence-corrected chi connectivity index (χ4v) is 2.97. The van der Waals surface area contributed by atoms with E-state index < -0.39 is 0 Å². The topological polar surface area (TPSA) is 54.2 Å². The number of hydrogen-bond donors (Lipinski definition) is 2. The van der Waals surface area contributed by atoms with Crippen LogP contribution in [-0.4, -0.2) is 28.8 Å². The number of aliphatic imine (C=N–C) groups is 1. The van der Waals surface area contributed by atoms with Crippen LogP contribution in [0.3, 0.4) is 0 Å². The molecular weight excluding hydrogens is 413 g/mol. The van der Waals surface area contributed by atoms with Gasteiger partial charge in [0, 0.05) is 37.9 Å². The monoisotopic (exact) mass is 449 g/mol. The first-order valence-electron chi connectivity index (χ1n) is 9.08. The summed E-state index contributed by atoms with van der Waals surface area (Å²) in [6.45, 7) is 9.59. The molecule has 0 saturated heterocycles. The van der Waals surface area contributed by atoms with E-state index in [1.165, 1.54) is 42.6 Å². The van der Waals surface area contributed by atoms with Gasteiger partial charge in [-0.1, -0.05) is 40.0 Å². The van der Waals surface area contributed by atoms with Gasteiger partial charge in [0.2, 0.25) is 0 Å². The van der Waals surface area contributed by atoms with Gasteiger partial charge >= 0.3 is 0 Å². The molecular formula is C18H36IN5. The van der Waals surface area contributed by atoms with Crippen LogP contribution in [0, 0.1) is 0 Å². The molecule has 0 aliphatic rings. The van der Waals surface area contributed by atoms with E-state index in [0.717, 1.165) is 25.3 Å². The van der Waals surface area contributed by atoms with E-state index >= 15 is 0 Å². The van der Waals surface area contributed by atoms with Gasteiger partial charge in [0.25, 0.3) is 0 Å². The van der Waals surface area contributed by atoms with Crippen molar-refractivity contribution in [2.45, 2.75) is 78.8 Å². The van der Waals surface area contributed by atoms with E-state index in [9.17, 15) is 0 Å². The third-order valence-corrected chi connectivity index (χ3v) is 4.31. The molecule has 1 aromatic heterocycles. The van der Waals surface area contributed by atoms with Crippen molar-refractivity contribution in [2.75, 3.05) is 7.05 Å². The number of nitrogens with one attached hydrogen (secondary N) is 2. The Balaban J connectivity index is 0.00000529. The van der Waals surface area contributed by atoms with E-state index in [1.807, 2.05) is 18.8 Å². The predicted octanol–water partition coefficient (Wildman–Crippen LogP) is 3.80. The van der Waals surface area contributed by atoms with Gasteiger partial charge in [-0.2, -0.15) is 5.10 Å². The Hall–Kier alpha value is -0.790. The molecule has 0 amide bonds. The molecule has 1 unspecified atom stereocenters. The number of aryl methyl sites for hydroxylation is 2. The summed E-state index contributed by atoms with van der Waals surface area (Å²) in [5.41, 5.74) is 3.81. The lowest BCUT2D eigenvalue weighted by atomic mass is 10.1. The van der Waals surface area contributed by atoms with Gasteiger partial charge in [-0.05, 0) is 26.2 Å². The van der Waals surface area contributed by atoms with Crippen LogP contribution >= 0.6 is 24.0 Å². The summed E-state index contributed by atoms with van der Waals surface area (Å²) >= 11 is 0. The molecule has 0 aliphatic heterocycles. The summed E-state index contributed by atoms with van der Waals surface area (Å²) in [6.07, 6.45) is 6.98. The second-order valence-corrected chi connectivity index (χ2v) is 6.17. The summed E-state index contributed by atoms with van der Waals surface area (Å²) < 4.78 is 2.01. The molecule has 5 nitrogen and oxygen atoms in total. The summed E-state index contributed by atoms with van der Waals surface area (Å²) in [6, 6.07) is 0.443. The number of aromatic nitrogens is 2. The minimum Gasteiger partial charge on any atom is -0.354 e. The molecule has 0 aliphatic carbocycles. The Morgan fingerprint density at radius 2 is 1.92 bits per heavy atom. The van der Waals surface area contributed by atoms with Gasteiger partial charge in [0.05, 0.1) is 5.69 Å². The fraction of sp³-hybridized carbons (Fsp3) is 0.778. The highest BCUT2D eigenvalue weighted by Crippen LogP contribution is 2.15. The van der Waals surface area contributed by atoms with Gasteiger partial charge in [0.15, 0.2) is 5.96 Å². The van der Waals surface area contributed by atoms with Crippen molar-refractivity contribution in [2.24, 2.45) is 12.0 Å². The number of nitrogens with zero attached hydrogens (tertiary/aromatic N) is 3. The third-order valence-electron chi connectivity index (χ3n) is 4.31. The van der Waals surface area contributed by atoms with Crippen LogP contribution in [0.1, 0.15) is 70.3 Å². The average molecular weight is 449 g/mol. The van der Waals surface area contributed by atoms with Crippen LogP contribution in [0.4, 0.5) is 0 Å². The Morgan fingerprint density at radius 1 is 1.21 bits per heavy atom. The summed E-state index contributed by atoms with van der Waals surface area (Å²) in [4.78, 5) is 4.36. The first kappa shape index (κ1) is 23.2. The Bertz CT molecular complexity index is 496. The quantitative estimate of drug-likeness (QED) is 0.261. The molecule has 0 radical (unpaired) electrons. The molecule has 0 bridgehead atoms. The van der Waals surface area contributed by atoms with Crippen LogP contribution in [0.2, 0.25) is 0 Å². The van der Waals surface area contributed by atoms with Crippen molar-refractivity contribution in [1.82, 2.24) is 20.4 Å². The van der Waals surface area contributed by atoms with Gasteiger partial charge in [-0.15, -0.1) is 24.0 Å².